The largest absolute Gasteiger partial charge is 0.350 e. The molecule has 1 aromatic carbocycles. The van der Waals surface area contributed by atoms with Crippen molar-refractivity contribution in [3.8, 4) is 0 Å². The zero-order valence-corrected chi connectivity index (χ0v) is 13.0. The van der Waals surface area contributed by atoms with Crippen LogP contribution in [0, 0.1) is 0 Å². The quantitative estimate of drug-likeness (QED) is 0.806. The van der Waals surface area contributed by atoms with Crippen molar-refractivity contribution in [1.82, 2.24) is 9.88 Å². The Labute approximate surface area is 126 Å². The highest BCUT2D eigenvalue weighted by Crippen LogP contribution is 2.16. The maximum atomic E-state index is 6.20. The highest BCUT2D eigenvalue weighted by molar-refractivity contribution is 6.31. The molecular weight excluding hydrogens is 268 g/mol. The van der Waals surface area contributed by atoms with Gasteiger partial charge >= 0.3 is 0 Å². The average Bonchev–Trinajstić information content (AvgIpc) is 2.87. The molecule has 1 atom stereocenters. The Kier molecular flexibility index (Phi) is 5.69. The summed E-state index contributed by atoms with van der Waals surface area (Å²) in [7, 11) is 0. The van der Waals surface area contributed by atoms with E-state index in [1.165, 1.54) is 11.3 Å². The van der Waals surface area contributed by atoms with Crippen molar-refractivity contribution < 1.29 is 0 Å². The van der Waals surface area contributed by atoms with Crippen LogP contribution in [0.3, 0.4) is 0 Å². The molecule has 0 fully saturated rings. The minimum atomic E-state index is 0.403. The fourth-order valence-electron chi connectivity index (χ4n) is 2.41. The van der Waals surface area contributed by atoms with Gasteiger partial charge in [0.05, 0.1) is 0 Å². The van der Waals surface area contributed by atoms with Crippen molar-refractivity contribution >= 4 is 11.6 Å². The molecule has 1 unspecified atom stereocenters. The molecule has 0 spiro atoms. The van der Waals surface area contributed by atoms with Crippen molar-refractivity contribution in [2.45, 2.75) is 45.8 Å². The summed E-state index contributed by atoms with van der Waals surface area (Å²) in [5, 5.41) is 4.44. The van der Waals surface area contributed by atoms with Crippen LogP contribution in [0.15, 0.2) is 42.6 Å². The topological polar surface area (TPSA) is 17.0 Å². The molecule has 108 valence electrons. The van der Waals surface area contributed by atoms with Crippen LogP contribution in [-0.4, -0.2) is 10.6 Å². The van der Waals surface area contributed by atoms with E-state index in [0.29, 0.717) is 6.04 Å². The lowest BCUT2D eigenvalue weighted by molar-refractivity contribution is 0.521. The first kappa shape index (κ1) is 15.1. The number of hydrogen-bond acceptors (Lipinski definition) is 1. The number of nitrogens with zero attached hydrogens (tertiary/aromatic N) is 1. The van der Waals surface area contributed by atoms with E-state index in [2.05, 4.69) is 48.1 Å². The van der Waals surface area contributed by atoms with Gasteiger partial charge in [-0.15, -0.1) is 0 Å². The van der Waals surface area contributed by atoms with Crippen LogP contribution in [-0.2, 0) is 19.5 Å². The summed E-state index contributed by atoms with van der Waals surface area (Å²) in [6.45, 7) is 6.40. The normalized spacial score (nSPS) is 12.6. The van der Waals surface area contributed by atoms with Crippen molar-refractivity contribution in [2.75, 3.05) is 0 Å². The lowest BCUT2D eigenvalue weighted by atomic mass is 10.1. The Morgan fingerprint density at radius 3 is 2.75 bits per heavy atom. The first-order valence-electron chi connectivity index (χ1n) is 7.31. The van der Waals surface area contributed by atoms with Crippen LogP contribution in [0.4, 0.5) is 0 Å². The Morgan fingerprint density at radius 1 is 1.20 bits per heavy atom. The van der Waals surface area contributed by atoms with Gasteiger partial charge in [-0.1, -0.05) is 36.7 Å². The van der Waals surface area contributed by atoms with Gasteiger partial charge in [-0.2, -0.15) is 0 Å². The van der Waals surface area contributed by atoms with Crippen LogP contribution < -0.4 is 5.32 Å². The summed E-state index contributed by atoms with van der Waals surface area (Å²) in [5.74, 6) is 0. The third-order valence-electron chi connectivity index (χ3n) is 3.50. The van der Waals surface area contributed by atoms with Gasteiger partial charge in [-0.05, 0) is 43.5 Å². The van der Waals surface area contributed by atoms with Crippen molar-refractivity contribution in [3.63, 3.8) is 0 Å². The molecule has 20 heavy (non-hydrogen) atoms. The Morgan fingerprint density at radius 2 is 2.00 bits per heavy atom. The number of rotatable bonds is 7. The summed E-state index contributed by atoms with van der Waals surface area (Å²) in [5.41, 5.74) is 2.55. The van der Waals surface area contributed by atoms with Gasteiger partial charge in [0.1, 0.15) is 0 Å². The van der Waals surface area contributed by atoms with Gasteiger partial charge in [0.25, 0.3) is 0 Å². The zero-order chi connectivity index (χ0) is 14.4. The van der Waals surface area contributed by atoms with Crippen LogP contribution in [0.2, 0.25) is 5.02 Å². The molecule has 3 heteroatoms. The molecule has 0 amide bonds. The molecule has 0 aliphatic carbocycles. The minimum absolute atomic E-state index is 0.403. The lowest BCUT2D eigenvalue weighted by Gasteiger charge is -2.16. The van der Waals surface area contributed by atoms with E-state index in [0.717, 1.165) is 31.0 Å². The summed E-state index contributed by atoms with van der Waals surface area (Å²) < 4.78 is 2.31. The number of nitrogens with one attached hydrogen (secondary N) is 1. The third kappa shape index (κ3) is 4.12. The molecule has 0 bridgehead atoms. The van der Waals surface area contributed by atoms with Crippen LogP contribution in [0.1, 0.15) is 31.5 Å². The molecule has 0 aliphatic heterocycles. The maximum Gasteiger partial charge on any atom is 0.0438 e. The molecule has 1 N–H and O–H groups in total. The first-order valence-corrected chi connectivity index (χ1v) is 7.69. The summed E-state index contributed by atoms with van der Waals surface area (Å²) in [6.07, 6.45) is 4.27. The smallest absolute Gasteiger partial charge is 0.0438 e. The first-order chi connectivity index (χ1) is 9.70. The van der Waals surface area contributed by atoms with Crippen LogP contribution in [0.5, 0.6) is 0 Å². The molecule has 1 aromatic heterocycles. The van der Waals surface area contributed by atoms with Gasteiger partial charge in [-0.3, -0.25) is 0 Å². The number of aromatic nitrogens is 1. The second kappa shape index (κ2) is 7.51. The molecule has 2 rings (SSSR count). The third-order valence-corrected chi connectivity index (χ3v) is 3.87. The summed E-state index contributed by atoms with van der Waals surface area (Å²) in [4.78, 5) is 0. The van der Waals surface area contributed by atoms with Crippen molar-refractivity contribution in [3.05, 3.63) is 58.9 Å². The molecular formula is C17H23ClN2. The molecule has 0 radical (unpaired) electrons. The van der Waals surface area contributed by atoms with Crippen LogP contribution >= 0.6 is 11.6 Å². The van der Waals surface area contributed by atoms with Crippen molar-refractivity contribution in [1.29, 1.82) is 0 Å². The number of hydrogen-bond donors (Lipinski definition) is 1. The number of aryl methyl sites for hydroxylation is 1. The zero-order valence-electron chi connectivity index (χ0n) is 12.3. The molecule has 2 nitrogen and oxygen atoms in total. The van der Waals surface area contributed by atoms with E-state index in [-0.39, 0.29) is 0 Å². The second-order valence-corrected chi connectivity index (χ2v) is 5.68. The fourth-order valence-corrected chi connectivity index (χ4v) is 2.63. The fraction of sp³-hybridized carbons (Fsp3) is 0.412. The van der Waals surface area contributed by atoms with Crippen LogP contribution in [0.25, 0.3) is 0 Å². The monoisotopic (exact) mass is 290 g/mol. The number of halogens is 1. The van der Waals surface area contributed by atoms with E-state index in [1.807, 2.05) is 18.2 Å². The van der Waals surface area contributed by atoms with Gasteiger partial charge in [0.15, 0.2) is 0 Å². The van der Waals surface area contributed by atoms with Crippen molar-refractivity contribution in [2.24, 2.45) is 0 Å². The van der Waals surface area contributed by atoms with E-state index >= 15 is 0 Å². The predicted molar refractivity (Wildman–Crippen MR) is 86.2 cm³/mol. The van der Waals surface area contributed by atoms with Gasteiger partial charge in [0, 0.05) is 36.0 Å². The SMILES string of the molecule is CCCn1cccc1CNC(C)Cc1ccccc1Cl. The minimum Gasteiger partial charge on any atom is -0.350 e. The highest BCUT2D eigenvalue weighted by Gasteiger charge is 2.07. The van der Waals surface area contributed by atoms with Gasteiger partial charge in [-0.25, -0.2) is 0 Å². The molecule has 0 saturated heterocycles. The summed E-state index contributed by atoms with van der Waals surface area (Å²) in [6, 6.07) is 12.8. The van der Waals surface area contributed by atoms with E-state index in [9.17, 15) is 0 Å². The van der Waals surface area contributed by atoms with E-state index in [1.54, 1.807) is 0 Å². The highest BCUT2D eigenvalue weighted by atomic mass is 35.5. The summed E-state index contributed by atoms with van der Waals surface area (Å²) >= 11 is 6.20. The second-order valence-electron chi connectivity index (χ2n) is 5.27. The average molecular weight is 291 g/mol. The molecule has 2 aromatic rings. The van der Waals surface area contributed by atoms with Gasteiger partial charge < -0.3 is 9.88 Å². The molecule has 1 heterocycles. The molecule has 0 aliphatic rings. The standard InChI is InChI=1S/C17H23ClN2/c1-3-10-20-11-6-8-16(20)13-19-14(2)12-15-7-4-5-9-17(15)18/h4-9,11,14,19H,3,10,12-13H2,1-2H3. The van der Waals surface area contributed by atoms with E-state index in [4.69, 9.17) is 11.6 Å². The Hall–Kier alpha value is -1.25. The Bertz CT molecular complexity index is 533. The Balaban J connectivity index is 1.87. The molecule has 0 saturated carbocycles. The maximum absolute atomic E-state index is 6.20. The van der Waals surface area contributed by atoms with Gasteiger partial charge in [0.2, 0.25) is 0 Å². The predicted octanol–water partition coefficient (Wildman–Crippen LogP) is 4.27. The van der Waals surface area contributed by atoms with E-state index < -0.39 is 0 Å². The lowest BCUT2D eigenvalue weighted by Crippen LogP contribution is -2.28. The number of benzene rings is 1.